The van der Waals surface area contributed by atoms with Gasteiger partial charge in [-0.05, 0) is 133 Å². The van der Waals surface area contributed by atoms with Crippen LogP contribution in [0.15, 0.2) is 0 Å². The third kappa shape index (κ3) is 21.9. The van der Waals surface area contributed by atoms with Crippen molar-refractivity contribution in [2.24, 2.45) is 35.5 Å². The number of halogens is 6. The molecule has 0 aromatic carbocycles. The molecule has 26 nitrogen and oxygen atoms in total. The van der Waals surface area contributed by atoms with E-state index in [1.807, 2.05) is 20.8 Å². The van der Waals surface area contributed by atoms with Gasteiger partial charge in [-0.2, -0.15) is 13.2 Å². The van der Waals surface area contributed by atoms with Crippen molar-refractivity contribution in [2.45, 2.75) is 298 Å². The molecule has 3 N–H and O–H groups in total. The average Bonchev–Trinajstić information content (AvgIpc) is 1.76. The fourth-order valence-electron chi connectivity index (χ4n) is 18.2. The number of nitrogens with zero attached hydrogens (tertiary/aromatic N) is 10. The third-order valence-corrected chi connectivity index (χ3v) is 26.5. The topological polar surface area (TPSA) is 290 Å². The number of fused-ring (bicyclic) bond motifs is 1. The van der Waals surface area contributed by atoms with Crippen LogP contribution in [0.2, 0.25) is 0 Å². The van der Waals surface area contributed by atoms with Crippen LogP contribution in [0, 0.1) is 35.5 Å². The summed E-state index contributed by atoms with van der Waals surface area (Å²) in [6.45, 7) is 8.04. The van der Waals surface area contributed by atoms with Gasteiger partial charge in [0.1, 0.15) is 59.9 Å². The SMILES string of the molecule is CC[C@H](C)[C@@H]1NC(=O)[C@H](CC(C)C)N(C)C(=O)C[C@@H](C(=O)N2CCCCC2)N(C)C(=O)[C@H](C2CCCC2)N(C)C(=O)C2(CCCC2)NC(=O)[C@H](CC(=O)N2CCC(F)(F)CC2)N(C)C(=O)[C@H](CCC2CCC(C(F)(F)F)C(Cl)C2)NC(=O)CN(C)C(=O)[C@H](CC2CCCCC2)N(C)C(=O)[C@@H]2CCN2C(=O)[C@H](C)N(C)C1=O. The number of nitrogens with one attached hydrogen (secondary N) is 3. The molecule has 4 heterocycles. The smallest absolute Gasteiger partial charge is 0.343 e. The highest BCUT2D eigenvalue weighted by Gasteiger charge is 2.53. The van der Waals surface area contributed by atoms with Gasteiger partial charge in [-0.1, -0.05) is 91.9 Å². The highest BCUT2D eigenvalue weighted by atomic mass is 35.5. The predicted octanol–water partition coefficient (Wildman–Crippen LogP) is 7.11. The molecule has 13 amide bonds. The fraction of sp³-hybridized carbons (Fsp3) is 0.835. The van der Waals surface area contributed by atoms with Crippen LogP contribution in [0.1, 0.15) is 221 Å². The van der Waals surface area contributed by atoms with Crippen molar-refractivity contribution in [3.63, 3.8) is 0 Å². The maximum atomic E-state index is 16.0. The van der Waals surface area contributed by atoms with E-state index in [1.165, 1.54) is 85.7 Å². The number of rotatable bonds is 13. The Morgan fingerprint density at radius 3 is 1.76 bits per heavy atom. The van der Waals surface area contributed by atoms with Crippen LogP contribution in [-0.2, 0) is 62.3 Å². The molecule has 4 saturated heterocycles. The van der Waals surface area contributed by atoms with Crippen LogP contribution in [0.3, 0.4) is 0 Å². The van der Waals surface area contributed by atoms with E-state index in [2.05, 4.69) is 16.0 Å². The average molecular weight is 1600 g/mol. The van der Waals surface area contributed by atoms with Crippen molar-refractivity contribution >= 4 is 88.4 Å². The molecule has 0 aromatic heterocycles. The molecule has 3 unspecified atom stereocenters. The van der Waals surface area contributed by atoms with Crippen molar-refractivity contribution in [3.05, 3.63) is 0 Å². The van der Waals surface area contributed by atoms with Crippen LogP contribution in [0.4, 0.5) is 22.0 Å². The summed E-state index contributed by atoms with van der Waals surface area (Å²) in [5.74, 6) is -16.2. The van der Waals surface area contributed by atoms with Crippen LogP contribution >= 0.6 is 11.6 Å². The first kappa shape index (κ1) is 89.6. The Kier molecular flexibility index (Phi) is 31.4. The monoisotopic (exact) mass is 1590 g/mol. The molecule has 1 spiro atoms. The number of hydrogen-bond acceptors (Lipinski definition) is 13. The molecule has 32 heteroatoms. The molecule has 4 aliphatic heterocycles. The number of amides is 13. The molecule has 4 saturated carbocycles. The van der Waals surface area contributed by atoms with Crippen molar-refractivity contribution in [2.75, 3.05) is 88.6 Å². The molecule has 0 radical (unpaired) electrons. The van der Waals surface area contributed by atoms with Gasteiger partial charge in [0.05, 0.1) is 25.3 Å². The quantitative estimate of drug-likeness (QED) is 0.123. The Balaban J connectivity index is 1.22. The second kappa shape index (κ2) is 38.9. The molecule has 8 rings (SSSR count). The summed E-state index contributed by atoms with van der Waals surface area (Å²) in [7, 11) is 9.67. The molecular formula is C79H125ClF5N13O13. The van der Waals surface area contributed by atoms with E-state index >= 15 is 38.4 Å². The minimum absolute atomic E-state index is 0.000214. The number of likely N-dealkylation sites (N-methyl/N-ethyl adjacent to an activating group) is 7. The van der Waals surface area contributed by atoms with E-state index in [-0.39, 0.29) is 82.6 Å². The summed E-state index contributed by atoms with van der Waals surface area (Å²) in [4.78, 5) is 211. The Labute approximate surface area is 657 Å². The first-order valence-corrected chi connectivity index (χ1v) is 41.4. The zero-order valence-electron chi connectivity index (χ0n) is 67.5. The lowest BCUT2D eigenvalue weighted by atomic mass is 9.78. The highest BCUT2D eigenvalue weighted by Crippen LogP contribution is 2.44. The molecule has 8 fully saturated rings. The van der Waals surface area contributed by atoms with Crippen LogP contribution in [0.5, 0.6) is 0 Å². The number of piperidine rings is 2. The van der Waals surface area contributed by atoms with E-state index in [4.69, 9.17) is 11.6 Å². The minimum atomic E-state index is -4.59. The summed E-state index contributed by atoms with van der Waals surface area (Å²) in [6, 6.07) is -12.2. The molecular weight excluding hydrogens is 1470 g/mol. The van der Waals surface area contributed by atoms with E-state index in [0.717, 1.165) is 53.2 Å². The van der Waals surface area contributed by atoms with Gasteiger partial charge in [-0.25, -0.2) is 8.78 Å². The first-order chi connectivity index (χ1) is 52.2. The van der Waals surface area contributed by atoms with Crippen molar-refractivity contribution < 1.29 is 84.3 Å². The molecule has 4 aliphatic carbocycles. The normalized spacial score (nSPS) is 30.7. The summed E-state index contributed by atoms with van der Waals surface area (Å²) in [6.07, 6.45) is 2.09. The zero-order chi connectivity index (χ0) is 81.9. The van der Waals surface area contributed by atoms with Gasteiger partial charge in [-0.3, -0.25) is 62.3 Å². The van der Waals surface area contributed by atoms with Gasteiger partial charge in [0.2, 0.25) is 76.8 Å². The Bertz CT molecular complexity index is 3320. The Morgan fingerprint density at radius 2 is 1.18 bits per heavy atom. The van der Waals surface area contributed by atoms with Crippen LogP contribution in [0.25, 0.3) is 0 Å². The highest BCUT2D eigenvalue weighted by molar-refractivity contribution is 6.21. The van der Waals surface area contributed by atoms with E-state index < -0.39 is 223 Å². The van der Waals surface area contributed by atoms with E-state index in [1.54, 1.807) is 11.8 Å². The number of carbonyl (C=O) groups is 13. The maximum absolute atomic E-state index is 16.0. The second-order valence-corrected chi connectivity index (χ2v) is 34.6. The minimum Gasteiger partial charge on any atom is -0.343 e. The van der Waals surface area contributed by atoms with Gasteiger partial charge >= 0.3 is 6.18 Å². The number of hydrogen-bond donors (Lipinski definition) is 3. The van der Waals surface area contributed by atoms with Crippen LogP contribution < -0.4 is 16.0 Å². The van der Waals surface area contributed by atoms with Gasteiger partial charge in [-0.15, -0.1) is 11.6 Å². The van der Waals surface area contributed by atoms with E-state index in [0.29, 0.717) is 70.9 Å². The van der Waals surface area contributed by atoms with E-state index in [9.17, 15) is 45.9 Å². The first-order valence-electron chi connectivity index (χ1n) is 40.9. The van der Waals surface area contributed by atoms with Gasteiger partial charge in [0.25, 0.3) is 5.92 Å². The Hall–Kier alpha value is -6.95. The third-order valence-electron chi connectivity index (χ3n) is 26.0. The van der Waals surface area contributed by atoms with Gasteiger partial charge in [0, 0.05) is 100 Å². The molecule has 8 aliphatic rings. The lowest BCUT2D eigenvalue weighted by molar-refractivity contribution is -0.182. The number of carbonyl (C=O) groups excluding carboxylic acids is 13. The molecule has 0 aromatic rings. The maximum Gasteiger partial charge on any atom is 0.393 e. The fourth-order valence-corrected chi connectivity index (χ4v) is 18.7. The summed E-state index contributed by atoms with van der Waals surface area (Å²) >= 11 is 6.44. The lowest BCUT2D eigenvalue weighted by Crippen LogP contribution is -2.66. The zero-order valence-corrected chi connectivity index (χ0v) is 68.3. The van der Waals surface area contributed by atoms with Crippen molar-refractivity contribution in [3.8, 4) is 0 Å². The molecule has 626 valence electrons. The van der Waals surface area contributed by atoms with Gasteiger partial charge < -0.3 is 64.9 Å². The summed E-state index contributed by atoms with van der Waals surface area (Å²) < 4.78 is 72.0. The summed E-state index contributed by atoms with van der Waals surface area (Å²) in [5, 5.41) is 7.30. The Morgan fingerprint density at radius 1 is 0.577 bits per heavy atom. The van der Waals surface area contributed by atoms with Crippen molar-refractivity contribution in [1.29, 1.82) is 0 Å². The number of alkyl halides is 6. The van der Waals surface area contributed by atoms with Crippen LogP contribution in [-0.4, -0.2) is 292 Å². The van der Waals surface area contributed by atoms with Gasteiger partial charge in [0.15, 0.2) is 0 Å². The molecule has 13 atom stereocenters. The molecule has 111 heavy (non-hydrogen) atoms. The van der Waals surface area contributed by atoms with Crippen molar-refractivity contribution in [1.82, 2.24) is 64.9 Å². The second-order valence-electron chi connectivity index (χ2n) is 34.1. The molecule has 0 bridgehead atoms. The summed E-state index contributed by atoms with van der Waals surface area (Å²) in [5.41, 5.74) is -1.82. The number of likely N-dealkylation sites (tertiary alicyclic amines) is 2. The predicted molar refractivity (Wildman–Crippen MR) is 404 cm³/mol. The largest absolute Gasteiger partial charge is 0.393 e. The standard InChI is InChI=1S/C79H125ClF5N13O13/c1-13-49(4)65-74(109)90(7)50(5)69(104)98-39-32-57(98)72(107)93(10)60(44-51-24-16-14-17-25-51)71(106)89(6)47-62(99)86-56(31-29-52-28-30-54(55(80)43-52)79(83,84)85)70(105)92(9)59(45-64(101)96-40-35-78(81,82)36-41-96)68(103)88-77(33-20-21-34-77)76(111)95(12)66(53-26-18-19-27-53)75(110)94(11)61(73(108)97-37-22-15-23-38-97)46-63(100)91(8)58(42-48(2)3)67(102)87-65/h48-61,65-66H,13-47H2,1-12H3,(H,86,99)(H,87,102)(H,88,103)/t49-,50-,52?,54?,55?,56-,57-,58-,59-,60-,61-,65-,66-/m0/s1. The lowest BCUT2D eigenvalue weighted by Gasteiger charge is -2.45.